The fourth-order valence-electron chi connectivity index (χ4n) is 8.30. The molecule has 0 bridgehead atoms. The van der Waals surface area contributed by atoms with Crippen LogP contribution >= 0.6 is 0 Å². The minimum Gasteiger partial charge on any atom is -0.608 e. The van der Waals surface area contributed by atoms with E-state index in [9.17, 15) is 62.7 Å². The van der Waals surface area contributed by atoms with Gasteiger partial charge in [-0.3, -0.25) is 47.9 Å². The number of benzene rings is 2. The van der Waals surface area contributed by atoms with Gasteiger partial charge in [-0.1, -0.05) is 43.7 Å². The number of nitrogens with zero attached hydrogens (tertiary/aromatic N) is 1. The van der Waals surface area contributed by atoms with Crippen molar-refractivity contribution in [1.29, 1.82) is 0 Å². The fraction of sp³-hybridized carbons (Fsp3) is 0.500. The molecule has 74 heavy (non-hydrogen) atoms. The Labute approximate surface area is 429 Å². The van der Waals surface area contributed by atoms with Crippen LogP contribution in [0.5, 0.6) is 0 Å². The molecule has 5 rings (SSSR count). The van der Waals surface area contributed by atoms with E-state index in [0.717, 1.165) is 5.56 Å². The zero-order valence-corrected chi connectivity index (χ0v) is 42.4. The minimum atomic E-state index is -2.38. The molecule has 2 aliphatic rings. The SMILES string of the molecule is CCCC1NC(=O)CNC(=O)[C@H](NC(=O)C(C[C@@H](O)CO)NC(=O)[C@@H]2CCCN2C(=O)[C@H](CC(=O)NCc2ccc(NC(=O)[C@H](C)NC)cc2)NC)Cc2c([nH]c3ccccc23)[S+]([O-])C(C=O)NC(=O)CNC1=O. The molecule has 2 aromatic carbocycles. The summed E-state index contributed by atoms with van der Waals surface area (Å²) in [5.74, 6) is -6.54. The highest BCUT2D eigenvalue weighted by molar-refractivity contribution is 7.92. The van der Waals surface area contributed by atoms with Crippen LogP contribution in [0.15, 0.2) is 53.6 Å². The Morgan fingerprint density at radius 3 is 2.27 bits per heavy atom. The summed E-state index contributed by atoms with van der Waals surface area (Å²) in [6, 6.07) is 6.29. The standard InChI is InChI=1S/C48H66N12O13S/c1-5-9-33-43(68)52-23-40(66)59-41(25-62)74(73)47-31(30-10-6-7-11-32(30)58-47)19-35(44(69)53-22-39(65)55-33)56-45(70)34(18-29(63)24-61)57-46(71)37-12-8-17-60(37)48(72)36(50-4)20-38(64)51-21-27-13-15-28(16-14-27)54-42(67)26(2)49-3/h6-7,10-11,13-16,25-26,29,33-37,41,49-50,58,61,63H,5,8-9,12,17-24H2,1-4H3,(H,51,64)(H,52,68)(H,53,69)(H,54,67)(H,55,65)(H,56,70)(H,57,71)(H,59,66)/t26-,29+,33?,34?,35+,36-,37-,41?,74?/m0/s1. The third-order valence-corrected chi connectivity index (χ3v) is 14.0. The molecule has 25 nitrogen and oxygen atoms in total. The number of hydrogen-bond donors (Lipinski definition) is 13. The number of nitrogens with one attached hydrogen (secondary N) is 11. The molecule has 3 heterocycles. The first-order valence-electron chi connectivity index (χ1n) is 24.2. The third kappa shape index (κ3) is 15.8. The first kappa shape index (κ1) is 57.9. The highest BCUT2D eigenvalue weighted by Gasteiger charge is 2.40. The lowest BCUT2D eigenvalue weighted by Gasteiger charge is -2.30. The smallest absolute Gasteiger partial charge is 0.251 e. The molecule has 26 heteroatoms. The van der Waals surface area contributed by atoms with Crippen molar-refractivity contribution in [3.8, 4) is 0 Å². The maximum Gasteiger partial charge on any atom is 0.251 e. The van der Waals surface area contributed by atoms with E-state index in [-0.39, 0.29) is 55.1 Å². The van der Waals surface area contributed by atoms with Gasteiger partial charge >= 0.3 is 0 Å². The number of H-pyrrole nitrogens is 1. The zero-order valence-electron chi connectivity index (χ0n) is 41.5. The number of para-hydroxylation sites is 1. The Hall–Kier alpha value is -6.97. The number of aliphatic hydroxyl groups is 2. The molecule has 402 valence electrons. The Kier molecular flexibility index (Phi) is 21.8. The molecule has 9 atom stereocenters. The van der Waals surface area contributed by atoms with Crippen LogP contribution in [0.4, 0.5) is 5.69 Å². The third-order valence-electron chi connectivity index (χ3n) is 12.5. The van der Waals surface area contributed by atoms with Crippen LogP contribution in [0.2, 0.25) is 0 Å². The lowest BCUT2D eigenvalue weighted by molar-refractivity contribution is -0.142. The quantitative estimate of drug-likeness (QED) is 0.0410. The summed E-state index contributed by atoms with van der Waals surface area (Å²) in [4.78, 5) is 138. The largest absolute Gasteiger partial charge is 0.608 e. The van der Waals surface area contributed by atoms with Crippen LogP contribution in [-0.4, -0.2) is 172 Å². The van der Waals surface area contributed by atoms with Crippen molar-refractivity contribution in [3.63, 3.8) is 0 Å². The molecule has 9 amide bonds. The normalized spacial score (nSPS) is 21.5. The number of aromatic amines is 1. The van der Waals surface area contributed by atoms with Gasteiger partial charge < -0.3 is 77.8 Å². The number of aromatic nitrogens is 1. The molecule has 4 unspecified atom stereocenters. The number of carbonyl (C=O) groups is 10. The molecule has 2 aliphatic heterocycles. The van der Waals surface area contributed by atoms with Crippen LogP contribution in [0, 0.1) is 0 Å². The van der Waals surface area contributed by atoms with Gasteiger partial charge in [-0.15, -0.1) is 0 Å². The average molecular weight is 1050 g/mol. The van der Waals surface area contributed by atoms with Crippen molar-refractivity contribution in [3.05, 3.63) is 59.7 Å². The second-order valence-electron chi connectivity index (χ2n) is 17.9. The molecule has 0 saturated carbocycles. The van der Waals surface area contributed by atoms with Crippen LogP contribution < -0.4 is 53.2 Å². The summed E-state index contributed by atoms with van der Waals surface area (Å²) in [5.41, 5.74) is 1.84. The number of likely N-dealkylation sites (tertiary alicyclic amines) is 1. The van der Waals surface area contributed by atoms with E-state index < -0.39 is 139 Å². The van der Waals surface area contributed by atoms with E-state index >= 15 is 0 Å². The van der Waals surface area contributed by atoms with Gasteiger partial charge in [0.05, 0.1) is 44.3 Å². The molecule has 0 spiro atoms. The number of fused-ring (bicyclic) bond motifs is 3. The van der Waals surface area contributed by atoms with Gasteiger partial charge in [0.25, 0.3) is 5.37 Å². The summed E-state index contributed by atoms with van der Waals surface area (Å²) in [7, 11) is 3.15. The van der Waals surface area contributed by atoms with Gasteiger partial charge in [-0.05, 0) is 64.0 Å². The molecular formula is C48H66N12O13S. The zero-order chi connectivity index (χ0) is 54.1. The molecule has 3 aromatic rings. The van der Waals surface area contributed by atoms with E-state index in [1.54, 1.807) is 69.4 Å². The van der Waals surface area contributed by atoms with Crippen molar-refractivity contribution in [1.82, 2.24) is 57.7 Å². The van der Waals surface area contributed by atoms with Crippen molar-refractivity contribution >= 4 is 87.2 Å². The highest BCUT2D eigenvalue weighted by Crippen LogP contribution is 2.29. The van der Waals surface area contributed by atoms with Gasteiger partial charge in [0.1, 0.15) is 24.2 Å². The lowest BCUT2D eigenvalue weighted by atomic mass is 10.0. The predicted octanol–water partition coefficient (Wildman–Crippen LogP) is -3.47. The lowest BCUT2D eigenvalue weighted by Crippen LogP contribution is -2.59. The number of carbonyl (C=O) groups excluding carboxylic acids is 10. The minimum absolute atomic E-state index is 0.109. The maximum absolute atomic E-state index is 14.4. The number of amides is 9. The van der Waals surface area contributed by atoms with Crippen LogP contribution in [0.3, 0.4) is 0 Å². The molecule has 1 saturated heterocycles. The fourth-order valence-corrected chi connectivity index (χ4v) is 9.54. The average Bonchev–Trinajstić information content (AvgIpc) is 4.04. The summed E-state index contributed by atoms with van der Waals surface area (Å²) in [6.45, 7) is 1.52. The second kappa shape index (κ2) is 27.9. The summed E-state index contributed by atoms with van der Waals surface area (Å²) in [6.07, 6.45) is -1.60. The maximum atomic E-state index is 14.4. The molecule has 1 fully saturated rings. The van der Waals surface area contributed by atoms with Crippen molar-refractivity contribution in [2.45, 2.75) is 118 Å². The van der Waals surface area contributed by atoms with Gasteiger partial charge in [0.15, 0.2) is 6.29 Å². The summed E-state index contributed by atoms with van der Waals surface area (Å²) < 4.78 is 14.2. The second-order valence-corrected chi connectivity index (χ2v) is 19.4. The Balaban J connectivity index is 1.35. The number of hydrogen-bond acceptors (Lipinski definition) is 15. The van der Waals surface area contributed by atoms with Crippen LogP contribution in [0.1, 0.15) is 63.5 Å². The van der Waals surface area contributed by atoms with Crippen molar-refractivity contribution < 1.29 is 62.7 Å². The highest BCUT2D eigenvalue weighted by atomic mass is 32.2. The molecule has 0 aliphatic carbocycles. The monoisotopic (exact) mass is 1050 g/mol. The number of rotatable bonds is 19. The molecule has 0 radical (unpaired) electrons. The van der Waals surface area contributed by atoms with Crippen molar-refractivity contribution in [2.75, 3.05) is 45.7 Å². The number of anilines is 1. The van der Waals surface area contributed by atoms with E-state index in [2.05, 4.69) is 58.2 Å². The first-order valence-corrected chi connectivity index (χ1v) is 25.4. The molecule has 1 aromatic heterocycles. The van der Waals surface area contributed by atoms with E-state index in [0.29, 0.717) is 29.4 Å². The summed E-state index contributed by atoms with van der Waals surface area (Å²) >= 11 is -2.38. The van der Waals surface area contributed by atoms with Gasteiger partial charge in [-0.25, -0.2) is 0 Å². The van der Waals surface area contributed by atoms with E-state index in [1.165, 1.54) is 11.9 Å². The van der Waals surface area contributed by atoms with Crippen molar-refractivity contribution in [2.24, 2.45) is 0 Å². The Morgan fingerprint density at radius 2 is 1.61 bits per heavy atom. The van der Waals surface area contributed by atoms with Gasteiger partial charge in [-0.2, -0.15) is 0 Å². The van der Waals surface area contributed by atoms with Gasteiger partial charge in [0.2, 0.25) is 58.2 Å². The summed E-state index contributed by atoms with van der Waals surface area (Å²) in [5, 5.41) is 45.1. The first-order chi connectivity index (χ1) is 35.4. The van der Waals surface area contributed by atoms with E-state index in [4.69, 9.17) is 0 Å². The van der Waals surface area contributed by atoms with Gasteiger partial charge in [0, 0.05) is 59.3 Å². The topological polar surface area (TPSA) is 374 Å². The van der Waals surface area contributed by atoms with Crippen LogP contribution in [-0.2, 0) is 72.1 Å². The Morgan fingerprint density at radius 1 is 0.919 bits per heavy atom. The predicted molar refractivity (Wildman–Crippen MR) is 268 cm³/mol. The van der Waals surface area contributed by atoms with Crippen LogP contribution in [0.25, 0.3) is 10.9 Å². The number of likely N-dealkylation sites (N-methyl/N-ethyl adjacent to an activating group) is 2. The number of aliphatic hydroxyl groups excluding tert-OH is 2. The Bertz CT molecular complexity index is 2510. The molecular weight excluding hydrogens is 985 g/mol. The molecule has 13 N–H and O–H groups in total. The van der Waals surface area contributed by atoms with E-state index in [1.807, 2.05) is 0 Å². The number of aldehydes is 1.